The van der Waals surface area contributed by atoms with Crippen LogP contribution >= 0.6 is 11.6 Å². The molecule has 0 radical (unpaired) electrons. The van der Waals surface area contributed by atoms with E-state index >= 15 is 0 Å². The first-order chi connectivity index (χ1) is 13.3. The number of halogens is 1. The molecule has 8 nitrogen and oxygen atoms in total. The fourth-order valence-corrected chi connectivity index (χ4v) is 4.12. The van der Waals surface area contributed by atoms with Gasteiger partial charge in [-0.1, -0.05) is 19.6 Å². The predicted molar refractivity (Wildman–Crippen MR) is 109 cm³/mol. The SMILES string of the molecule is C[Si](C)(C)CCOCn1c(-c2cnc(Cl)nc2)cnc1[C@@H]1CCCN1C(=O)O. The van der Waals surface area contributed by atoms with E-state index in [1.165, 1.54) is 4.90 Å². The van der Waals surface area contributed by atoms with Gasteiger partial charge in [0.1, 0.15) is 12.6 Å². The van der Waals surface area contributed by atoms with Gasteiger partial charge < -0.3 is 14.4 Å². The summed E-state index contributed by atoms with van der Waals surface area (Å²) in [4.78, 5) is 25.7. The van der Waals surface area contributed by atoms with Crippen LogP contribution in [0.4, 0.5) is 4.79 Å². The number of rotatable bonds is 7. The lowest BCUT2D eigenvalue weighted by molar-refractivity contribution is 0.0815. The molecule has 1 atom stereocenters. The summed E-state index contributed by atoms with van der Waals surface area (Å²) in [5.41, 5.74) is 1.55. The van der Waals surface area contributed by atoms with Gasteiger partial charge >= 0.3 is 6.09 Å². The molecule has 2 aromatic rings. The summed E-state index contributed by atoms with van der Waals surface area (Å²) in [5, 5.41) is 9.70. The number of amides is 1. The Morgan fingerprint density at radius 1 is 1.29 bits per heavy atom. The topological polar surface area (TPSA) is 93.4 Å². The lowest BCUT2D eigenvalue weighted by Crippen LogP contribution is -2.31. The first-order valence-electron chi connectivity index (χ1n) is 9.37. The Kier molecular flexibility index (Phi) is 6.36. The van der Waals surface area contributed by atoms with Crippen LogP contribution in [0.15, 0.2) is 18.6 Å². The van der Waals surface area contributed by atoms with Gasteiger partial charge in [-0.3, -0.25) is 4.90 Å². The standard InChI is InChI=1S/C18H26ClN5O3Si/c1-28(2,3)8-7-27-12-24-15(13-9-21-17(19)22-10-13)11-20-16(24)14-5-4-6-23(14)18(25)26/h9-11,14H,4-8,12H2,1-3H3,(H,25,26)/t14-/m0/s1. The summed E-state index contributed by atoms with van der Waals surface area (Å²) in [6.45, 7) is 8.40. The second-order valence-corrected chi connectivity index (χ2v) is 14.1. The van der Waals surface area contributed by atoms with Crippen LogP contribution in [-0.2, 0) is 11.5 Å². The smallest absolute Gasteiger partial charge is 0.407 e. The third-order valence-electron chi connectivity index (χ3n) is 4.82. The van der Waals surface area contributed by atoms with Crippen LogP contribution in [-0.4, -0.2) is 56.8 Å². The van der Waals surface area contributed by atoms with E-state index in [4.69, 9.17) is 16.3 Å². The van der Waals surface area contributed by atoms with Gasteiger partial charge in [0.2, 0.25) is 5.28 Å². The van der Waals surface area contributed by atoms with Gasteiger partial charge in [0.05, 0.1) is 17.9 Å². The molecule has 1 amide bonds. The Labute approximate surface area is 170 Å². The molecule has 3 heterocycles. The first kappa shape index (κ1) is 20.8. The molecule has 1 aliphatic rings. The van der Waals surface area contributed by atoms with E-state index in [9.17, 15) is 9.90 Å². The molecular formula is C18H26ClN5O3Si. The van der Waals surface area contributed by atoms with Crippen LogP contribution in [0.5, 0.6) is 0 Å². The molecule has 3 rings (SSSR count). The Morgan fingerprint density at radius 3 is 2.64 bits per heavy atom. The molecule has 0 aliphatic carbocycles. The van der Waals surface area contributed by atoms with E-state index in [1.807, 2.05) is 4.57 Å². The second kappa shape index (κ2) is 8.58. The van der Waals surface area contributed by atoms with Crippen LogP contribution in [0.1, 0.15) is 24.7 Å². The van der Waals surface area contributed by atoms with E-state index < -0.39 is 14.2 Å². The van der Waals surface area contributed by atoms with Crippen molar-refractivity contribution >= 4 is 25.8 Å². The minimum absolute atomic E-state index is 0.175. The molecule has 0 spiro atoms. The van der Waals surface area contributed by atoms with Crippen molar-refractivity contribution in [3.63, 3.8) is 0 Å². The van der Waals surface area contributed by atoms with Crippen molar-refractivity contribution in [3.8, 4) is 11.3 Å². The minimum Gasteiger partial charge on any atom is -0.465 e. The molecule has 0 saturated carbocycles. The van der Waals surface area contributed by atoms with E-state index in [0.29, 0.717) is 25.7 Å². The molecule has 1 saturated heterocycles. The number of carbonyl (C=O) groups is 1. The normalized spacial score (nSPS) is 17.3. The summed E-state index contributed by atoms with van der Waals surface area (Å²) in [6, 6.07) is 0.779. The number of ether oxygens (including phenoxy) is 1. The van der Waals surface area contributed by atoms with Crippen molar-refractivity contribution in [1.82, 2.24) is 24.4 Å². The largest absolute Gasteiger partial charge is 0.465 e. The van der Waals surface area contributed by atoms with Crippen molar-refractivity contribution in [1.29, 1.82) is 0 Å². The summed E-state index contributed by atoms with van der Waals surface area (Å²) < 4.78 is 7.89. The molecular weight excluding hydrogens is 398 g/mol. The summed E-state index contributed by atoms with van der Waals surface area (Å²) >= 11 is 5.81. The Hall–Kier alpha value is -1.97. The average molecular weight is 424 g/mol. The van der Waals surface area contributed by atoms with Gasteiger partial charge in [-0.05, 0) is 30.5 Å². The van der Waals surface area contributed by atoms with Gasteiger partial charge in [0.15, 0.2) is 0 Å². The van der Waals surface area contributed by atoms with Crippen molar-refractivity contribution in [3.05, 3.63) is 29.7 Å². The Balaban J connectivity index is 1.88. The zero-order valence-electron chi connectivity index (χ0n) is 16.4. The lowest BCUT2D eigenvalue weighted by atomic mass is 10.2. The van der Waals surface area contributed by atoms with Crippen LogP contribution in [0.25, 0.3) is 11.3 Å². The molecule has 10 heteroatoms. The van der Waals surface area contributed by atoms with Crippen molar-refractivity contribution in [2.24, 2.45) is 0 Å². The highest BCUT2D eigenvalue weighted by Gasteiger charge is 2.33. The van der Waals surface area contributed by atoms with Crippen LogP contribution in [0, 0.1) is 0 Å². The summed E-state index contributed by atoms with van der Waals surface area (Å²) in [7, 11) is -1.20. The number of likely N-dealkylation sites (tertiary alicyclic amines) is 1. The third kappa shape index (κ3) is 4.89. The zero-order valence-corrected chi connectivity index (χ0v) is 18.2. The minimum atomic E-state index is -1.20. The van der Waals surface area contributed by atoms with Crippen LogP contribution in [0.2, 0.25) is 31.0 Å². The molecule has 152 valence electrons. The molecule has 0 bridgehead atoms. The number of carboxylic acid groups (broad SMARTS) is 1. The molecule has 28 heavy (non-hydrogen) atoms. The predicted octanol–water partition coefficient (Wildman–Crippen LogP) is 4.12. The van der Waals surface area contributed by atoms with Gasteiger partial charge in [0.25, 0.3) is 0 Å². The molecule has 2 aromatic heterocycles. The summed E-state index contributed by atoms with van der Waals surface area (Å²) in [5.74, 6) is 0.692. The quantitative estimate of drug-likeness (QED) is 0.409. The van der Waals surface area contributed by atoms with Crippen LogP contribution in [0.3, 0.4) is 0 Å². The highest BCUT2D eigenvalue weighted by atomic mass is 35.5. The molecule has 1 aliphatic heterocycles. The zero-order chi connectivity index (χ0) is 20.3. The maximum Gasteiger partial charge on any atom is 0.407 e. The third-order valence-corrected chi connectivity index (χ3v) is 6.72. The van der Waals surface area contributed by atoms with Crippen LogP contribution < -0.4 is 0 Å². The van der Waals surface area contributed by atoms with Gasteiger partial charge in [-0.25, -0.2) is 19.7 Å². The van der Waals surface area contributed by atoms with Gasteiger partial charge in [0, 0.05) is 39.2 Å². The monoisotopic (exact) mass is 423 g/mol. The van der Waals surface area contributed by atoms with Gasteiger partial charge in [-0.2, -0.15) is 0 Å². The fourth-order valence-electron chi connectivity index (χ4n) is 3.26. The lowest BCUT2D eigenvalue weighted by Gasteiger charge is -2.23. The van der Waals surface area contributed by atoms with Crippen molar-refractivity contribution in [2.75, 3.05) is 13.2 Å². The molecule has 0 unspecified atom stereocenters. The van der Waals surface area contributed by atoms with E-state index in [1.54, 1.807) is 18.6 Å². The summed E-state index contributed by atoms with van der Waals surface area (Å²) in [6.07, 6.45) is 5.64. The number of hydrogen-bond donors (Lipinski definition) is 1. The molecule has 1 N–H and O–H groups in total. The number of hydrogen-bond acceptors (Lipinski definition) is 5. The van der Waals surface area contributed by atoms with E-state index in [-0.39, 0.29) is 11.3 Å². The highest BCUT2D eigenvalue weighted by Crippen LogP contribution is 2.33. The van der Waals surface area contributed by atoms with Crippen molar-refractivity contribution in [2.45, 2.75) is 51.3 Å². The molecule has 1 fully saturated rings. The first-order valence-corrected chi connectivity index (χ1v) is 13.5. The maximum absolute atomic E-state index is 11.6. The second-order valence-electron chi connectivity index (χ2n) is 8.15. The maximum atomic E-state index is 11.6. The fraction of sp³-hybridized carbons (Fsp3) is 0.556. The Morgan fingerprint density at radius 2 is 2.00 bits per heavy atom. The van der Waals surface area contributed by atoms with Crippen molar-refractivity contribution < 1.29 is 14.6 Å². The highest BCUT2D eigenvalue weighted by molar-refractivity contribution is 6.76. The molecule has 0 aromatic carbocycles. The number of aromatic nitrogens is 4. The number of imidazole rings is 1. The Bertz CT molecular complexity index is 822. The number of nitrogens with zero attached hydrogens (tertiary/aromatic N) is 5. The van der Waals surface area contributed by atoms with E-state index in [0.717, 1.165) is 30.1 Å². The average Bonchev–Trinajstić information content (AvgIpc) is 3.25. The van der Waals surface area contributed by atoms with E-state index in [2.05, 4.69) is 34.6 Å². The van der Waals surface area contributed by atoms with Gasteiger partial charge in [-0.15, -0.1) is 0 Å².